The van der Waals surface area contributed by atoms with Gasteiger partial charge in [0.15, 0.2) is 5.96 Å². The van der Waals surface area contributed by atoms with Gasteiger partial charge in [0.1, 0.15) is 0 Å². The van der Waals surface area contributed by atoms with Crippen LogP contribution < -0.4 is 10.6 Å². The summed E-state index contributed by atoms with van der Waals surface area (Å²) < 4.78 is 5.15. The number of rotatable bonds is 7. The average molecular weight is 374 g/mol. The smallest absolute Gasteiger partial charge is 0.310 e. The number of piperidine rings is 1. The van der Waals surface area contributed by atoms with Crippen LogP contribution in [0.2, 0.25) is 0 Å². The van der Waals surface area contributed by atoms with E-state index in [4.69, 9.17) is 4.74 Å². The second-order valence-electron chi connectivity index (χ2n) is 6.49. The van der Waals surface area contributed by atoms with Crippen LogP contribution in [-0.4, -0.2) is 62.6 Å². The molecule has 7 heteroatoms. The number of amides is 1. The van der Waals surface area contributed by atoms with E-state index in [1.807, 2.05) is 25.1 Å². The lowest BCUT2D eigenvalue weighted by Crippen LogP contribution is -2.48. The van der Waals surface area contributed by atoms with Gasteiger partial charge in [0.05, 0.1) is 12.5 Å². The Bertz CT molecular complexity index is 633. The maximum atomic E-state index is 12.0. The molecule has 0 aromatic heterocycles. The molecule has 1 atom stereocenters. The van der Waals surface area contributed by atoms with E-state index in [-0.39, 0.29) is 17.8 Å². The zero-order valence-corrected chi connectivity index (χ0v) is 16.2. The van der Waals surface area contributed by atoms with Gasteiger partial charge in [-0.1, -0.05) is 18.2 Å². The lowest BCUT2D eigenvalue weighted by Gasteiger charge is -2.33. The van der Waals surface area contributed by atoms with Crippen LogP contribution in [0.25, 0.3) is 0 Å². The first-order chi connectivity index (χ1) is 13.2. The molecule has 1 aromatic rings. The molecule has 1 aliphatic rings. The van der Waals surface area contributed by atoms with E-state index < -0.39 is 0 Å². The SMILES string of the molecule is CCOC(=O)C1CCCN(C(=NC)NCCCNC(=O)c2ccccc2)C1. The van der Waals surface area contributed by atoms with Crippen LogP contribution in [0.3, 0.4) is 0 Å². The van der Waals surface area contributed by atoms with Crippen molar-refractivity contribution in [3.8, 4) is 0 Å². The molecule has 2 rings (SSSR count). The molecule has 1 fully saturated rings. The van der Waals surface area contributed by atoms with Gasteiger partial charge in [-0.05, 0) is 38.3 Å². The predicted octanol–water partition coefficient (Wildman–Crippen LogP) is 1.66. The molecular weight excluding hydrogens is 344 g/mol. The molecule has 7 nitrogen and oxygen atoms in total. The summed E-state index contributed by atoms with van der Waals surface area (Å²) in [5.41, 5.74) is 0.666. The molecule has 148 valence electrons. The summed E-state index contributed by atoms with van der Waals surface area (Å²) in [6, 6.07) is 9.18. The van der Waals surface area contributed by atoms with Crippen molar-refractivity contribution in [3.63, 3.8) is 0 Å². The average Bonchev–Trinajstić information content (AvgIpc) is 2.71. The van der Waals surface area contributed by atoms with Crippen molar-refractivity contribution in [3.05, 3.63) is 35.9 Å². The van der Waals surface area contributed by atoms with Gasteiger partial charge in [-0.15, -0.1) is 0 Å². The zero-order valence-electron chi connectivity index (χ0n) is 16.2. The minimum absolute atomic E-state index is 0.0618. The van der Waals surface area contributed by atoms with Crippen LogP contribution in [0.1, 0.15) is 36.5 Å². The van der Waals surface area contributed by atoms with E-state index in [9.17, 15) is 9.59 Å². The number of guanidine groups is 1. The molecule has 0 bridgehead atoms. The normalized spacial score (nSPS) is 17.3. The van der Waals surface area contributed by atoms with Crippen LogP contribution in [0, 0.1) is 5.92 Å². The van der Waals surface area contributed by atoms with Crippen molar-refractivity contribution < 1.29 is 14.3 Å². The third kappa shape index (κ3) is 6.58. The monoisotopic (exact) mass is 374 g/mol. The topological polar surface area (TPSA) is 83.0 Å². The lowest BCUT2D eigenvalue weighted by molar-refractivity contribution is -0.149. The van der Waals surface area contributed by atoms with Gasteiger partial charge in [0.2, 0.25) is 0 Å². The highest BCUT2D eigenvalue weighted by molar-refractivity contribution is 5.94. The summed E-state index contributed by atoms with van der Waals surface area (Å²) >= 11 is 0. The number of nitrogens with zero attached hydrogens (tertiary/aromatic N) is 2. The van der Waals surface area contributed by atoms with E-state index >= 15 is 0 Å². The predicted molar refractivity (Wildman–Crippen MR) is 106 cm³/mol. The lowest BCUT2D eigenvalue weighted by atomic mass is 9.98. The van der Waals surface area contributed by atoms with Crippen LogP contribution in [0.4, 0.5) is 0 Å². The minimum atomic E-state index is -0.124. The first-order valence-corrected chi connectivity index (χ1v) is 9.61. The van der Waals surface area contributed by atoms with Crippen LogP contribution in [0.15, 0.2) is 35.3 Å². The second kappa shape index (κ2) is 11.2. The van der Waals surface area contributed by atoms with Gasteiger partial charge < -0.3 is 20.3 Å². The number of benzene rings is 1. The Morgan fingerprint density at radius 2 is 1.96 bits per heavy atom. The first-order valence-electron chi connectivity index (χ1n) is 9.61. The highest BCUT2D eigenvalue weighted by Gasteiger charge is 2.28. The first kappa shape index (κ1) is 20.7. The molecule has 1 amide bonds. The number of esters is 1. The quantitative estimate of drug-likeness (QED) is 0.328. The van der Waals surface area contributed by atoms with E-state index in [2.05, 4.69) is 20.5 Å². The van der Waals surface area contributed by atoms with Gasteiger partial charge in [-0.2, -0.15) is 0 Å². The summed E-state index contributed by atoms with van der Waals surface area (Å²) in [6.45, 7) is 5.03. The number of aliphatic imine (C=N–C) groups is 1. The summed E-state index contributed by atoms with van der Waals surface area (Å²) in [5, 5.41) is 6.23. The zero-order chi connectivity index (χ0) is 19.5. The Morgan fingerprint density at radius 3 is 2.67 bits per heavy atom. The van der Waals surface area contributed by atoms with Crippen LogP contribution >= 0.6 is 0 Å². The standard InChI is InChI=1S/C20H30N4O3/c1-3-27-19(26)17-11-7-14-24(15-17)20(21-2)23-13-8-12-22-18(25)16-9-5-4-6-10-16/h4-6,9-10,17H,3,7-8,11-15H2,1-2H3,(H,21,23)(H,22,25). The molecular formula is C20H30N4O3. The Balaban J connectivity index is 1.70. The molecule has 27 heavy (non-hydrogen) atoms. The summed E-state index contributed by atoms with van der Waals surface area (Å²) in [5.74, 6) is 0.510. The third-order valence-corrected chi connectivity index (χ3v) is 4.51. The fourth-order valence-electron chi connectivity index (χ4n) is 3.14. The molecule has 1 heterocycles. The molecule has 1 aromatic carbocycles. The summed E-state index contributed by atoms with van der Waals surface area (Å²) in [6.07, 6.45) is 2.59. The number of hydrogen-bond acceptors (Lipinski definition) is 4. The number of hydrogen-bond donors (Lipinski definition) is 2. The molecule has 0 aliphatic carbocycles. The third-order valence-electron chi connectivity index (χ3n) is 4.51. The van der Waals surface area contributed by atoms with Crippen molar-refractivity contribution in [2.75, 3.05) is 39.8 Å². The van der Waals surface area contributed by atoms with Gasteiger partial charge in [0, 0.05) is 38.8 Å². The Morgan fingerprint density at radius 1 is 1.22 bits per heavy atom. The van der Waals surface area contributed by atoms with Crippen molar-refractivity contribution in [1.82, 2.24) is 15.5 Å². The minimum Gasteiger partial charge on any atom is -0.466 e. The maximum absolute atomic E-state index is 12.0. The van der Waals surface area contributed by atoms with Gasteiger partial charge in [-0.3, -0.25) is 14.6 Å². The molecule has 2 N–H and O–H groups in total. The number of carbonyl (C=O) groups is 2. The number of likely N-dealkylation sites (tertiary alicyclic amines) is 1. The summed E-state index contributed by atoms with van der Waals surface area (Å²) in [7, 11) is 1.74. The Hall–Kier alpha value is -2.57. The Labute approximate surface area is 161 Å². The molecule has 0 spiro atoms. The van der Waals surface area contributed by atoms with Gasteiger partial charge >= 0.3 is 5.97 Å². The van der Waals surface area contributed by atoms with E-state index in [1.165, 1.54) is 0 Å². The van der Waals surface area contributed by atoms with E-state index in [0.29, 0.717) is 31.8 Å². The van der Waals surface area contributed by atoms with E-state index in [1.54, 1.807) is 19.2 Å². The molecule has 1 saturated heterocycles. The molecule has 0 saturated carbocycles. The fraction of sp³-hybridized carbons (Fsp3) is 0.550. The maximum Gasteiger partial charge on any atom is 0.310 e. The van der Waals surface area contributed by atoms with Crippen LogP contribution in [-0.2, 0) is 9.53 Å². The second-order valence-corrected chi connectivity index (χ2v) is 6.49. The van der Waals surface area contributed by atoms with Gasteiger partial charge in [-0.25, -0.2) is 0 Å². The fourth-order valence-corrected chi connectivity index (χ4v) is 3.14. The largest absolute Gasteiger partial charge is 0.466 e. The number of carbonyl (C=O) groups excluding carboxylic acids is 2. The van der Waals surface area contributed by atoms with Crippen molar-refractivity contribution in [2.24, 2.45) is 10.9 Å². The Kier molecular flexibility index (Phi) is 8.61. The van der Waals surface area contributed by atoms with Crippen molar-refractivity contribution >= 4 is 17.8 Å². The molecule has 1 aliphatic heterocycles. The number of nitrogens with one attached hydrogen (secondary N) is 2. The van der Waals surface area contributed by atoms with Gasteiger partial charge in [0.25, 0.3) is 5.91 Å². The number of ether oxygens (including phenoxy) is 1. The van der Waals surface area contributed by atoms with Crippen molar-refractivity contribution in [2.45, 2.75) is 26.2 Å². The summed E-state index contributed by atoms with van der Waals surface area (Å²) in [4.78, 5) is 30.4. The highest BCUT2D eigenvalue weighted by Crippen LogP contribution is 2.18. The molecule has 1 unspecified atom stereocenters. The van der Waals surface area contributed by atoms with E-state index in [0.717, 1.165) is 31.8 Å². The molecule has 0 radical (unpaired) electrons. The van der Waals surface area contributed by atoms with Crippen LogP contribution in [0.5, 0.6) is 0 Å². The highest BCUT2D eigenvalue weighted by atomic mass is 16.5. The van der Waals surface area contributed by atoms with Crippen molar-refractivity contribution in [1.29, 1.82) is 0 Å².